The Balaban J connectivity index is 1.87. The van der Waals surface area contributed by atoms with E-state index in [1.165, 1.54) is 11.8 Å². The Morgan fingerprint density at radius 3 is 2.11 bits per heavy atom. The quantitative estimate of drug-likeness (QED) is 0.773. The molecule has 0 bridgehead atoms. The topological polar surface area (TPSA) is 95.6 Å². The van der Waals surface area contributed by atoms with Crippen LogP contribution in [0.5, 0.6) is 0 Å². The summed E-state index contributed by atoms with van der Waals surface area (Å²) in [5.41, 5.74) is 1.45. The number of carbonyl (C=O) groups excluding carboxylic acids is 2. The lowest BCUT2D eigenvalue weighted by atomic mass is 9.86. The largest absolute Gasteiger partial charge is 0.326 e. The molecule has 0 aromatic heterocycles. The summed E-state index contributed by atoms with van der Waals surface area (Å²) in [6.07, 6.45) is 2.63. The van der Waals surface area contributed by atoms with Gasteiger partial charge in [-0.2, -0.15) is 0 Å². The minimum atomic E-state index is -3.28. The number of nitrogens with one attached hydrogen (secondary N) is 2. The van der Waals surface area contributed by atoms with Gasteiger partial charge in [0.25, 0.3) is 0 Å². The SMILES string of the molecule is CC(=O)N(C)c1ccc(NC(=O)C2CCC(NS(=O)(=O)C(C)C)CC2)cc1. The van der Waals surface area contributed by atoms with Gasteiger partial charge in [-0.3, -0.25) is 9.59 Å². The van der Waals surface area contributed by atoms with Gasteiger partial charge >= 0.3 is 0 Å². The second-order valence-corrected chi connectivity index (χ2v) is 9.64. The summed E-state index contributed by atoms with van der Waals surface area (Å²) >= 11 is 0. The third kappa shape index (κ3) is 5.77. The van der Waals surface area contributed by atoms with E-state index < -0.39 is 15.3 Å². The molecule has 0 atom stereocenters. The Bertz CT molecular complexity index is 767. The van der Waals surface area contributed by atoms with Crippen molar-refractivity contribution in [2.24, 2.45) is 5.92 Å². The molecule has 0 radical (unpaired) electrons. The smallest absolute Gasteiger partial charge is 0.227 e. The van der Waals surface area contributed by atoms with Crippen LogP contribution in [0, 0.1) is 5.92 Å². The van der Waals surface area contributed by atoms with Crippen LogP contribution < -0.4 is 14.9 Å². The van der Waals surface area contributed by atoms with E-state index >= 15 is 0 Å². The first kappa shape index (κ1) is 21.4. The highest BCUT2D eigenvalue weighted by Crippen LogP contribution is 2.27. The molecule has 8 heteroatoms. The number of nitrogens with zero attached hydrogens (tertiary/aromatic N) is 1. The summed E-state index contributed by atoms with van der Waals surface area (Å²) in [7, 11) is -1.58. The first-order valence-electron chi connectivity index (χ1n) is 9.26. The van der Waals surface area contributed by atoms with Gasteiger partial charge in [0.1, 0.15) is 0 Å². The number of anilines is 2. The van der Waals surface area contributed by atoms with Gasteiger partial charge in [-0.15, -0.1) is 0 Å². The summed E-state index contributed by atoms with van der Waals surface area (Å²) in [5, 5.41) is 2.45. The number of hydrogen-bond donors (Lipinski definition) is 2. The van der Waals surface area contributed by atoms with Crippen LogP contribution in [0.25, 0.3) is 0 Å². The van der Waals surface area contributed by atoms with E-state index in [1.54, 1.807) is 45.2 Å². The summed E-state index contributed by atoms with van der Waals surface area (Å²) in [5.74, 6) is -0.228. The Morgan fingerprint density at radius 1 is 1.07 bits per heavy atom. The third-order valence-electron chi connectivity index (χ3n) is 5.04. The Hall–Kier alpha value is -1.93. The minimum Gasteiger partial charge on any atom is -0.326 e. The zero-order chi connectivity index (χ0) is 20.2. The number of hydrogen-bond acceptors (Lipinski definition) is 4. The van der Waals surface area contributed by atoms with Crippen molar-refractivity contribution in [2.75, 3.05) is 17.3 Å². The monoisotopic (exact) mass is 395 g/mol. The summed E-state index contributed by atoms with van der Waals surface area (Å²) in [4.78, 5) is 25.4. The maximum absolute atomic E-state index is 12.5. The van der Waals surface area contributed by atoms with E-state index in [0.717, 1.165) is 5.69 Å². The molecule has 2 amide bonds. The Kier molecular flexibility index (Phi) is 7.00. The van der Waals surface area contributed by atoms with Crippen molar-refractivity contribution in [1.82, 2.24) is 4.72 Å². The zero-order valence-electron chi connectivity index (χ0n) is 16.4. The maximum Gasteiger partial charge on any atom is 0.227 e. The van der Waals surface area contributed by atoms with Gasteiger partial charge < -0.3 is 10.2 Å². The number of sulfonamides is 1. The highest BCUT2D eigenvalue weighted by molar-refractivity contribution is 7.90. The Labute approximate surface area is 161 Å². The number of carbonyl (C=O) groups is 2. The molecule has 1 fully saturated rings. The van der Waals surface area contributed by atoms with E-state index in [2.05, 4.69) is 10.0 Å². The molecule has 27 heavy (non-hydrogen) atoms. The molecule has 1 saturated carbocycles. The van der Waals surface area contributed by atoms with Crippen molar-refractivity contribution in [3.8, 4) is 0 Å². The van der Waals surface area contributed by atoms with Crippen LogP contribution in [0.3, 0.4) is 0 Å². The van der Waals surface area contributed by atoms with Crippen LogP contribution in [0.15, 0.2) is 24.3 Å². The van der Waals surface area contributed by atoms with Crippen molar-refractivity contribution in [3.05, 3.63) is 24.3 Å². The van der Waals surface area contributed by atoms with Gasteiger partial charge in [0.05, 0.1) is 5.25 Å². The molecule has 150 valence electrons. The first-order valence-corrected chi connectivity index (χ1v) is 10.8. The van der Waals surface area contributed by atoms with Crippen molar-refractivity contribution >= 4 is 33.2 Å². The fourth-order valence-electron chi connectivity index (χ4n) is 3.04. The third-order valence-corrected chi connectivity index (χ3v) is 6.95. The highest BCUT2D eigenvalue weighted by Gasteiger charge is 2.29. The number of amides is 2. The predicted molar refractivity (Wildman–Crippen MR) is 107 cm³/mol. The number of rotatable bonds is 6. The van der Waals surface area contributed by atoms with Crippen LogP contribution >= 0.6 is 0 Å². The van der Waals surface area contributed by atoms with E-state index in [9.17, 15) is 18.0 Å². The molecule has 0 saturated heterocycles. The predicted octanol–water partition coefficient (Wildman–Crippen LogP) is 2.49. The minimum absolute atomic E-state index is 0.0483. The lowest BCUT2D eigenvalue weighted by Gasteiger charge is -2.28. The van der Waals surface area contributed by atoms with Crippen molar-refractivity contribution < 1.29 is 18.0 Å². The van der Waals surface area contributed by atoms with Crippen LogP contribution in [0.1, 0.15) is 46.5 Å². The molecular weight excluding hydrogens is 366 g/mol. The summed E-state index contributed by atoms with van der Waals surface area (Å²) < 4.78 is 26.7. The van der Waals surface area contributed by atoms with Crippen molar-refractivity contribution in [2.45, 2.75) is 57.7 Å². The molecule has 7 nitrogen and oxygen atoms in total. The standard InChI is InChI=1S/C19H29N3O4S/c1-13(2)27(25,26)21-17-7-5-15(6-8-17)19(24)20-16-9-11-18(12-10-16)22(4)14(3)23/h9-13,15,17,21H,5-8H2,1-4H3,(H,20,24). The Morgan fingerprint density at radius 2 is 1.63 bits per heavy atom. The fraction of sp³-hybridized carbons (Fsp3) is 0.579. The van der Waals surface area contributed by atoms with Gasteiger partial charge in [0, 0.05) is 37.3 Å². The second kappa shape index (κ2) is 8.84. The average molecular weight is 396 g/mol. The first-order chi connectivity index (χ1) is 12.6. The van der Waals surface area contributed by atoms with Gasteiger partial charge in [-0.25, -0.2) is 13.1 Å². The molecule has 0 aliphatic heterocycles. The zero-order valence-corrected chi connectivity index (χ0v) is 17.2. The normalized spacial score (nSPS) is 20.3. The molecule has 0 spiro atoms. The molecule has 1 aromatic rings. The van der Waals surface area contributed by atoms with Crippen LogP contribution in [0.4, 0.5) is 11.4 Å². The van der Waals surface area contributed by atoms with E-state index in [1.807, 2.05) is 0 Å². The lowest BCUT2D eigenvalue weighted by Crippen LogP contribution is -2.42. The van der Waals surface area contributed by atoms with Crippen molar-refractivity contribution in [3.63, 3.8) is 0 Å². The molecule has 0 heterocycles. The van der Waals surface area contributed by atoms with Gasteiger partial charge in [0.2, 0.25) is 21.8 Å². The number of benzene rings is 1. The van der Waals surface area contributed by atoms with Crippen LogP contribution in [-0.4, -0.2) is 38.6 Å². The molecule has 1 aromatic carbocycles. The molecule has 2 N–H and O–H groups in total. The van der Waals surface area contributed by atoms with E-state index in [0.29, 0.717) is 31.4 Å². The van der Waals surface area contributed by atoms with Crippen LogP contribution in [-0.2, 0) is 19.6 Å². The van der Waals surface area contributed by atoms with Gasteiger partial charge in [-0.1, -0.05) is 0 Å². The van der Waals surface area contributed by atoms with Crippen molar-refractivity contribution in [1.29, 1.82) is 0 Å². The van der Waals surface area contributed by atoms with Crippen LogP contribution in [0.2, 0.25) is 0 Å². The van der Waals surface area contributed by atoms with Gasteiger partial charge in [0.15, 0.2) is 0 Å². The van der Waals surface area contributed by atoms with Gasteiger partial charge in [-0.05, 0) is 63.8 Å². The summed E-state index contributed by atoms with van der Waals surface area (Å²) in [6, 6.07) is 7.02. The molecular formula is C19H29N3O4S. The maximum atomic E-state index is 12.5. The lowest BCUT2D eigenvalue weighted by molar-refractivity contribution is -0.121. The molecule has 0 unspecified atom stereocenters. The van der Waals surface area contributed by atoms with E-state index in [4.69, 9.17) is 0 Å². The molecule has 1 aliphatic rings. The second-order valence-electron chi connectivity index (χ2n) is 7.37. The average Bonchev–Trinajstić information content (AvgIpc) is 2.61. The fourth-order valence-corrected chi connectivity index (χ4v) is 4.01. The van der Waals surface area contributed by atoms with E-state index in [-0.39, 0.29) is 23.8 Å². The molecule has 1 aliphatic carbocycles. The summed E-state index contributed by atoms with van der Waals surface area (Å²) in [6.45, 7) is 4.80. The molecule has 2 rings (SSSR count). The highest BCUT2D eigenvalue weighted by atomic mass is 32.2.